The number of nitrogens with zero attached hydrogens (tertiary/aromatic N) is 2. The first-order chi connectivity index (χ1) is 13.8. The molecular weight excluding hydrogens is 449 g/mol. The van der Waals surface area contributed by atoms with Crippen molar-refractivity contribution in [3.63, 3.8) is 0 Å². The van der Waals surface area contributed by atoms with Gasteiger partial charge in [0.05, 0.1) is 6.61 Å². The predicted molar refractivity (Wildman–Crippen MR) is 110 cm³/mol. The van der Waals surface area contributed by atoms with Gasteiger partial charge >= 0.3 is 6.18 Å². The topological polar surface area (TPSA) is 59.1 Å². The van der Waals surface area contributed by atoms with E-state index in [1.807, 2.05) is 6.92 Å². The summed E-state index contributed by atoms with van der Waals surface area (Å²) in [6.07, 6.45) is -2.94. The van der Waals surface area contributed by atoms with E-state index < -0.39 is 11.7 Å². The van der Waals surface area contributed by atoms with Gasteiger partial charge in [-0.25, -0.2) is 4.98 Å². The van der Waals surface area contributed by atoms with E-state index in [-0.39, 0.29) is 11.8 Å². The number of aromatic nitrogens is 2. The number of nitrogens with one attached hydrogen (secondary N) is 2. The molecule has 152 valence electrons. The summed E-state index contributed by atoms with van der Waals surface area (Å²) >= 11 is 3.30. The zero-order chi connectivity index (χ0) is 20.9. The molecule has 9 heteroatoms. The first-order valence-corrected chi connectivity index (χ1v) is 9.61. The lowest BCUT2D eigenvalue weighted by Crippen LogP contribution is -2.12. The normalized spacial score (nSPS) is 11.2. The fourth-order valence-corrected chi connectivity index (χ4v) is 2.83. The Morgan fingerprint density at radius 3 is 2.45 bits per heavy atom. The van der Waals surface area contributed by atoms with E-state index in [1.54, 1.807) is 48.5 Å². The second-order valence-corrected chi connectivity index (χ2v) is 7.00. The Kier molecular flexibility index (Phi) is 6.58. The van der Waals surface area contributed by atoms with Gasteiger partial charge in [-0.05, 0) is 48.9 Å². The van der Waals surface area contributed by atoms with Crippen molar-refractivity contribution in [3.8, 4) is 5.75 Å². The van der Waals surface area contributed by atoms with E-state index in [1.165, 1.54) is 0 Å². The predicted octanol–water partition coefficient (Wildman–Crippen LogP) is 6.53. The van der Waals surface area contributed by atoms with E-state index in [2.05, 4.69) is 36.5 Å². The molecule has 1 heterocycles. The van der Waals surface area contributed by atoms with Crippen LogP contribution in [0, 0.1) is 0 Å². The van der Waals surface area contributed by atoms with Crippen LogP contribution in [0.5, 0.6) is 5.75 Å². The van der Waals surface area contributed by atoms with E-state index in [4.69, 9.17) is 4.74 Å². The molecule has 0 radical (unpaired) electrons. The molecule has 0 spiro atoms. The van der Waals surface area contributed by atoms with E-state index >= 15 is 0 Å². The molecule has 0 saturated carbocycles. The molecule has 0 aliphatic rings. The second-order valence-electron chi connectivity index (χ2n) is 6.09. The molecule has 0 fully saturated rings. The zero-order valence-electron chi connectivity index (χ0n) is 15.4. The van der Waals surface area contributed by atoms with Gasteiger partial charge < -0.3 is 15.4 Å². The minimum absolute atomic E-state index is 0.0396. The number of hydrogen-bond acceptors (Lipinski definition) is 5. The summed E-state index contributed by atoms with van der Waals surface area (Å²) in [5.74, 6) is 0.413. The molecule has 2 N–H and O–H groups in total. The van der Waals surface area contributed by atoms with Crippen LogP contribution >= 0.6 is 15.9 Å². The SMILES string of the molecule is CCCOc1ccc(Nc2ncc(C(F)(F)F)c(Nc3cccc(Br)c3)n2)cc1. The number of alkyl halides is 3. The van der Waals surface area contributed by atoms with Crippen molar-refractivity contribution in [1.29, 1.82) is 0 Å². The van der Waals surface area contributed by atoms with Crippen LogP contribution in [0.3, 0.4) is 0 Å². The lowest BCUT2D eigenvalue weighted by Gasteiger charge is -2.15. The summed E-state index contributed by atoms with van der Waals surface area (Å²) in [6.45, 7) is 2.62. The van der Waals surface area contributed by atoms with Crippen molar-refractivity contribution in [2.24, 2.45) is 0 Å². The van der Waals surface area contributed by atoms with Gasteiger partial charge in [-0.3, -0.25) is 0 Å². The maximum Gasteiger partial charge on any atom is 0.421 e. The van der Waals surface area contributed by atoms with Gasteiger partial charge in [-0.2, -0.15) is 18.2 Å². The third kappa shape index (κ3) is 5.83. The zero-order valence-corrected chi connectivity index (χ0v) is 17.0. The third-order valence-corrected chi connectivity index (χ3v) is 4.26. The molecule has 0 bridgehead atoms. The largest absolute Gasteiger partial charge is 0.494 e. The van der Waals surface area contributed by atoms with Crippen LogP contribution in [0.4, 0.5) is 36.3 Å². The summed E-state index contributed by atoms with van der Waals surface area (Å²) in [5.41, 5.74) is 0.139. The van der Waals surface area contributed by atoms with Crippen LogP contribution in [-0.2, 0) is 6.18 Å². The fourth-order valence-electron chi connectivity index (χ4n) is 2.43. The molecule has 5 nitrogen and oxygen atoms in total. The molecule has 2 aromatic carbocycles. The monoisotopic (exact) mass is 466 g/mol. The van der Waals surface area contributed by atoms with Crippen molar-refractivity contribution >= 4 is 39.1 Å². The van der Waals surface area contributed by atoms with E-state index in [0.29, 0.717) is 23.7 Å². The number of benzene rings is 2. The minimum Gasteiger partial charge on any atom is -0.494 e. The van der Waals surface area contributed by atoms with Crippen LogP contribution in [0.25, 0.3) is 0 Å². The number of rotatable bonds is 7. The van der Waals surface area contributed by atoms with Crippen LogP contribution in [0.2, 0.25) is 0 Å². The minimum atomic E-state index is -4.59. The Labute approximate surface area is 174 Å². The Balaban J connectivity index is 1.84. The highest BCUT2D eigenvalue weighted by molar-refractivity contribution is 9.10. The number of anilines is 4. The fraction of sp³-hybridized carbons (Fsp3) is 0.200. The first-order valence-electron chi connectivity index (χ1n) is 8.82. The van der Waals surface area contributed by atoms with Gasteiger partial charge in [-0.1, -0.05) is 28.9 Å². The Morgan fingerprint density at radius 2 is 1.79 bits per heavy atom. The average molecular weight is 467 g/mol. The van der Waals surface area contributed by atoms with E-state index in [9.17, 15) is 13.2 Å². The smallest absolute Gasteiger partial charge is 0.421 e. The molecule has 0 amide bonds. The summed E-state index contributed by atoms with van der Waals surface area (Å²) < 4.78 is 46.4. The van der Waals surface area contributed by atoms with Gasteiger partial charge in [0.1, 0.15) is 17.1 Å². The molecule has 0 unspecified atom stereocenters. The van der Waals surface area contributed by atoms with Gasteiger partial charge in [0, 0.05) is 22.0 Å². The molecule has 0 aliphatic carbocycles. The average Bonchev–Trinajstić information content (AvgIpc) is 2.67. The molecular formula is C20H18BrF3N4O. The van der Waals surface area contributed by atoms with Crippen LogP contribution in [-0.4, -0.2) is 16.6 Å². The van der Waals surface area contributed by atoms with Crippen molar-refractivity contribution in [2.45, 2.75) is 19.5 Å². The molecule has 29 heavy (non-hydrogen) atoms. The first kappa shape index (κ1) is 20.9. The maximum atomic E-state index is 13.4. The highest BCUT2D eigenvalue weighted by Gasteiger charge is 2.35. The van der Waals surface area contributed by atoms with Crippen LogP contribution in [0.15, 0.2) is 59.2 Å². The maximum absolute atomic E-state index is 13.4. The number of hydrogen-bond donors (Lipinski definition) is 2. The summed E-state index contributed by atoms with van der Waals surface area (Å²) in [4.78, 5) is 7.84. The van der Waals surface area contributed by atoms with Crippen molar-refractivity contribution < 1.29 is 17.9 Å². The van der Waals surface area contributed by atoms with Gasteiger partial charge in [0.2, 0.25) is 5.95 Å². The van der Waals surface area contributed by atoms with Gasteiger partial charge in [0.25, 0.3) is 0 Å². The molecule has 1 aromatic heterocycles. The molecule has 0 atom stereocenters. The summed E-state index contributed by atoms with van der Waals surface area (Å²) in [6, 6.07) is 13.8. The van der Waals surface area contributed by atoms with Gasteiger partial charge in [-0.15, -0.1) is 0 Å². The molecule has 0 aliphatic heterocycles. The number of halogens is 4. The van der Waals surface area contributed by atoms with Gasteiger partial charge in [0.15, 0.2) is 0 Å². The lowest BCUT2D eigenvalue weighted by molar-refractivity contribution is -0.137. The van der Waals surface area contributed by atoms with Crippen LogP contribution < -0.4 is 15.4 Å². The molecule has 0 saturated heterocycles. The Morgan fingerprint density at radius 1 is 1.03 bits per heavy atom. The highest BCUT2D eigenvalue weighted by atomic mass is 79.9. The second kappa shape index (κ2) is 9.13. The Hall–Kier alpha value is -2.81. The lowest BCUT2D eigenvalue weighted by atomic mass is 10.2. The Bertz CT molecular complexity index is 965. The molecule has 3 rings (SSSR count). The third-order valence-electron chi connectivity index (χ3n) is 3.76. The summed E-state index contributed by atoms with van der Waals surface area (Å²) in [7, 11) is 0. The van der Waals surface area contributed by atoms with E-state index in [0.717, 1.165) is 17.1 Å². The van der Waals surface area contributed by atoms with Crippen molar-refractivity contribution in [1.82, 2.24) is 9.97 Å². The highest BCUT2D eigenvalue weighted by Crippen LogP contribution is 2.35. The van der Waals surface area contributed by atoms with Crippen molar-refractivity contribution in [2.75, 3.05) is 17.2 Å². The number of ether oxygens (including phenoxy) is 1. The molecule has 3 aromatic rings. The van der Waals surface area contributed by atoms with Crippen LogP contribution in [0.1, 0.15) is 18.9 Å². The standard InChI is InChI=1S/C20H18BrF3N4O/c1-2-10-29-16-8-6-14(7-9-16)27-19-25-12-17(20(22,23)24)18(28-19)26-15-5-3-4-13(21)11-15/h3-9,11-12H,2,10H2,1H3,(H2,25,26,27,28). The van der Waals surface area contributed by atoms with Crippen molar-refractivity contribution in [3.05, 3.63) is 64.8 Å². The summed E-state index contributed by atoms with van der Waals surface area (Å²) in [5, 5.41) is 5.63. The quantitative estimate of drug-likeness (QED) is 0.414.